The number of hydrogen-bond acceptors (Lipinski definition) is 2. The van der Waals surface area contributed by atoms with Crippen molar-refractivity contribution in [1.82, 2.24) is 0 Å². The summed E-state index contributed by atoms with van der Waals surface area (Å²) >= 11 is 3.28. The van der Waals surface area contributed by atoms with E-state index >= 15 is 0 Å². The lowest BCUT2D eigenvalue weighted by molar-refractivity contribution is -0.116. The molecule has 0 aliphatic carbocycles. The molecule has 1 aliphatic heterocycles. The summed E-state index contributed by atoms with van der Waals surface area (Å²) in [6.07, 6.45) is 0.520. The van der Waals surface area contributed by atoms with Crippen LogP contribution in [0.15, 0.2) is 22.7 Å². The number of Topliss-reactive ketones (excluding diaryl/α,β-unsaturated/α-hetero) is 1. The van der Waals surface area contributed by atoms with E-state index in [-0.39, 0.29) is 11.6 Å². The van der Waals surface area contributed by atoms with Crippen molar-refractivity contribution >= 4 is 27.4 Å². The van der Waals surface area contributed by atoms with E-state index in [1.165, 1.54) is 6.07 Å². The molecule has 0 N–H and O–H groups in total. The van der Waals surface area contributed by atoms with Crippen LogP contribution in [0.1, 0.15) is 6.42 Å². The average Bonchev–Trinajstić information content (AvgIpc) is 2.56. The molecule has 2 nitrogen and oxygen atoms in total. The molecule has 14 heavy (non-hydrogen) atoms. The van der Waals surface area contributed by atoms with E-state index in [2.05, 4.69) is 15.9 Å². The number of hydrogen-bond donors (Lipinski definition) is 0. The zero-order valence-corrected chi connectivity index (χ0v) is 9.05. The molecule has 1 aromatic carbocycles. The van der Waals surface area contributed by atoms with E-state index in [1.807, 2.05) is 0 Å². The quantitative estimate of drug-likeness (QED) is 0.770. The van der Waals surface area contributed by atoms with Crippen molar-refractivity contribution in [2.75, 3.05) is 18.0 Å². The van der Waals surface area contributed by atoms with Crippen LogP contribution in [0.5, 0.6) is 0 Å². The van der Waals surface area contributed by atoms with Crippen LogP contribution in [-0.2, 0) is 4.79 Å². The fourth-order valence-electron chi connectivity index (χ4n) is 1.56. The standard InChI is InChI=1S/C10H9BrFNO/c11-7-1-2-9(12)10(5-7)13-4-3-8(14)6-13/h1-2,5H,3-4,6H2. The smallest absolute Gasteiger partial charge is 0.153 e. The third-order valence-corrected chi connectivity index (χ3v) is 2.77. The first-order chi connectivity index (χ1) is 6.66. The molecular formula is C10H9BrFNO. The highest BCUT2D eigenvalue weighted by Crippen LogP contribution is 2.25. The Balaban J connectivity index is 2.31. The molecule has 1 saturated heterocycles. The summed E-state index contributed by atoms with van der Waals surface area (Å²) in [5.41, 5.74) is 0.505. The number of ketones is 1. The SMILES string of the molecule is O=C1CCN(c2cc(Br)ccc2F)C1. The highest BCUT2D eigenvalue weighted by molar-refractivity contribution is 9.10. The Morgan fingerprint density at radius 2 is 2.21 bits per heavy atom. The number of carbonyl (C=O) groups excluding carboxylic acids is 1. The molecule has 0 aromatic heterocycles. The molecule has 74 valence electrons. The number of carbonyl (C=O) groups is 1. The van der Waals surface area contributed by atoms with Crippen molar-refractivity contribution in [3.05, 3.63) is 28.5 Å². The van der Waals surface area contributed by atoms with Gasteiger partial charge in [-0.2, -0.15) is 0 Å². The first-order valence-corrected chi connectivity index (χ1v) is 5.18. The topological polar surface area (TPSA) is 20.3 Å². The molecule has 2 rings (SSSR count). The molecule has 0 atom stereocenters. The molecule has 1 heterocycles. The summed E-state index contributed by atoms with van der Waals surface area (Å²) in [4.78, 5) is 12.8. The van der Waals surface area contributed by atoms with Crippen LogP contribution in [0.4, 0.5) is 10.1 Å². The van der Waals surface area contributed by atoms with E-state index in [9.17, 15) is 9.18 Å². The fourth-order valence-corrected chi connectivity index (χ4v) is 1.91. The van der Waals surface area contributed by atoms with Crippen molar-refractivity contribution in [1.29, 1.82) is 0 Å². The predicted molar refractivity (Wildman–Crippen MR) is 55.9 cm³/mol. The normalized spacial score (nSPS) is 16.4. The maximum Gasteiger partial charge on any atom is 0.153 e. The minimum atomic E-state index is -0.275. The molecule has 0 radical (unpaired) electrons. The van der Waals surface area contributed by atoms with Gasteiger partial charge in [-0.25, -0.2) is 4.39 Å². The number of rotatable bonds is 1. The van der Waals surface area contributed by atoms with Crippen molar-refractivity contribution in [3.63, 3.8) is 0 Å². The second-order valence-electron chi connectivity index (χ2n) is 3.31. The van der Waals surface area contributed by atoms with Crippen molar-refractivity contribution < 1.29 is 9.18 Å². The highest BCUT2D eigenvalue weighted by atomic mass is 79.9. The minimum Gasteiger partial charge on any atom is -0.361 e. The van der Waals surface area contributed by atoms with Gasteiger partial charge in [-0.15, -0.1) is 0 Å². The molecule has 0 amide bonds. The molecule has 0 saturated carbocycles. The fraction of sp³-hybridized carbons (Fsp3) is 0.300. The third-order valence-electron chi connectivity index (χ3n) is 2.28. The predicted octanol–water partition coefficient (Wildman–Crippen LogP) is 2.37. The highest BCUT2D eigenvalue weighted by Gasteiger charge is 2.21. The summed E-state index contributed by atoms with van der Waals surface area (Å²) in [5.74, 6) is -0.104. The van der Waals surface area contributed by atoms with Gasteiger partial charge in [0.15, 0.2) is 5.78 Å². The van der Waals surface area contributed by atoms with Gasteiger partial charge < -0.3 is 4.90 Å². The maximum atomic E-state index is 13.4. The monoisotopic (exact) mass is 257 g/mol. The summed E-state index contributed by atoms with van der Waals surface area (Å²) in [6.45, 7) is 0.944. The van der Waals surface area contributed by atoms with Crippen LogP contribution in [-0.4, -0.2) is 18.9 Å². The lowest BCUT2D eigenvalue weighted by Gasteiger charge is -2.17. The minimum absolute atomic E-state index is 0.171. The zero-order valence-electron chi connectivity index (χ0n) is 7.46. The van der Waals surface area contributed by atoms with Gasteiger partial charge in [0.05, 0.1) is 12.2 Å². The van der Waals surface area contributed by atoms with Crippen LogP contribution >= 0.6 is 15.9 Å². The summed E-state index contributed by atoms with van der Waals surface area (Å²) < 4.78 is 14.2. The summed E-state index contributed by atoms with van der Waals surface area (Å²) in [7, 11) is 0. The molecule has 1 aliphatic rings. The van der Waals surface area contributed by atoms with E-state index in [0.29, 0.717) is 25.2 Å². The lowest BCUT2D eigenvalue weighted by Crippen LogP contribution is -2.20. The Labute approximate surface area is 89.8 Å². The van der Waals surface area contributed by atoms with Crippen molar-refractivity contribution in [2.45, 2.75) is 6.42 Å². The Hall–Kier alpha value is -0.900. The van der Waals surface area contributed by atoms with Gasteiger partial charge in [-0.05, 0) is 18.2 Å². The summed E-state index contributed by atoms with van der Waals surface area (Å²) in [5, 5.41) is 0. The van der Waals surface area contributed by atoms with Gasteiger partial charge in [-0.3, -0.25) is 4.79 Å². The van der Waals surface area contributed by atoms with Crippen LogP contribution in [0, 0.1) is 5.82 Å². The Morgan fingerprint density at radius 1 is 1.43 bits per heavy atom. The molecule has 0 bridgehead atoms. The maximum absolute atomic E-state index is 13.4. The van der Waals surface area contributed by atoms with Gasteiger partial charge >= 0.3 is 0 Å². The van der Waals surface area contributed by atoms with Gasteiger partial charge in [0, 0.05) is 17.4 Å². The molecule has 1 fully saturated rings. The van der Waals surface area contributed by atoms with E-state index in [1.54, 1.807) is 17.0 Å². The number of halogens is 2. The Kier molecular flexibility index (Phi) is 2.54. The van der Waals surface area contributed by atoms with Crippen LogP contribution in [0.2, 0.25) is 0 Å². The average molecular weight is 258 g/mol. The zero-order chi connectivity index (χ0) is 10.1. The number of nitrogens with zero attached hydrogens (tertiary/aromatic N) is 1. The van der Waals surface area contributed by atoms with Crippen molar-refractivity contribution in [2.24, 2.45) is 0 Å². The van der Waals surface area contributed by atoms with E-state index in [0.717, 1.165) is 4.47 Å². The van der Waals surface area contributed by atoms with Gasteiger partial charge in [0.1, 0.15) is 5.82 Å². The van der Waals surface area contributed by atoms with E-state index in [4.69, 9.17) is 0 Å². The number of benzene rings is 1. The Bertz CT molecular complexity index is 380. The number of anilines is 1. The van der Waals surface area contributed by atoms with Crippen LogP contribution < -0.4 is 4.90 Å². The second kappa shape index (κ2) is 3.69. The molecule has 4 heteroatoms. The van der Waals surface area contributed by atoms with Gasteiger partial charge in [-0.1, -0.05) is 15.9 Å². The van der Waals surface area contributed by atoms with Gasteiger partial charge in [0.25, 0.3) is 0 Å². The lowest BCUT2D eigenvalue weighted by atomic mass is 10.3. The second-order valence-corrected chi connectivity index (χ2v) is 4.22. The first kappa shape index (κ1) is 9.65. The molecule has 0 unspecified atom stereocenters. The van der Waals surface area contributed by atoms with Crippen LogP contribution in [0.3, 0.4) is 0 Å². The molecule has 0 spiro atoms. The van der Waals surface area contributed by atoms with Crippen molar-refractivity contribution in [3.8, 4) is 0 Å². The van der Waals surface area contributed by atoms with Gasteiger partial charge in [0.2, 0.25) is 0 Å². The summed E-state index contributed by atoms with van der Waals surface area (Å²) in [6, 6.07) is 4.76. The largest absolute Gasteiger partial charge is 0.361 e. The van der Waals surface area contributed by atoms with E-state index < -0.39 is 0 Å². The Morgan fingerprint density at radius 3 is 2.86 bits per heavy atom. The third kappa shape index (κ3) is 1.80. The molecule has 1 aromatic rings. The van der Waals surface area contributed by atoms with Crippen LogP contribution in [0.25, 0.3) is 0 Å². The first-order valence-electron chi connectivity index (χ1n) is 4.38. The molecular weight excluding hydrogens is 249 g/mol.